The molecule has 22 heteroatoms. The van der Waals surface area contributed by atoms with E-state index in [2.05, 4.69) is 75.3 Å². The predicted molar refractivity (Wildman–Crippen MR) is 381 cm³/mol. The SMILES string of the molecule is COC(=O)c1cc([C@@H]2CCCC2(C)C)c(-c2cc(OC)ncc2F)cc1F.COC(=O)c1cc([C@H]2CCCC2(C)C)c(-c2cc(OC)ncc2F)cc1F.COc1cc(-c2cc(F)c(CO)cc2[C@@H]2CCCC2(C)C)c(F)cn1.COc1cc(-c2cc(F)c(CO)cc2[C@H]2CCCC2(C)C)c(F)cn1. The summed E-state index contributed by atoms with van der Waals surface area (Å²) >= 11 is 0. The summed E-state index contributed by atoms with van der Waals surface area (Å²) in [7, 11) is 8.21. The molecule has 0 aliphatic heterocycles. The summed E-state index contributed by atoms with van der Waals surface area (Å²) in [5.74, 6) is -4.73. The molecule has 0 spiro atoms. The Balaban J connectivity index is 0.000000161. The van der Waals surface area contributed by atoms with E-state index in [0.29, 0.717) is 22.3 Å². The van der Waals surface area contributed by atoms with Gasteiger partial charge in [0.05, 0.1) is 91.8 Å². The van der Waals surface area contributed by atoms with Crippen molar-refractivity contribution >= 4 is 11.9 Å². The van der Waals surface area contributed by atoms with Crippen LogP contribution in [-0.2, 0) is 22.7 Å². The van der Waals surface area contributed by atoms with Crippen molar-refractivity contribution in [1.82, 2.24) is 19.9 Å². The van der Waals surface area contributed by atoms with E-state index in [1.165, 1.54) is 103 Å². The fourth-order valence-corrected chi connectivity index (χ4v) is 15.9. The zero-order chi connectivity index (χ0) is 75.9. The summed E-state index contributed by atoms with van der Waals surface area (Å²) in [5, 5.41) is 18.9. The van der Waals surface area contributed by atoms with Crippen LogP contribution in [0.5, 0.6) is 23.5 Å². The second kappa shape index (κ2) is 33.0. The first-order valence-electron chi connectivity index (χ1n) is 34.8. The Morgan fingerprint density at radius 3 is 0.779 bits per heavy atom. The number of ether oxygens (including phenoxy) is 6. The van der Waals surface area contributed by atoms with Crippen molar-refractivity contribution < 1.29 is 83.3 Å². The Hall–Kier alpha value is -9.02. The molecule has 4 aromatic heterocycles. The zero-order valence-corrected chi connectivity index (χ0v) is 61.4. The van der Waals surface area contributed by atoms with Crippen molar-refractivity contribution in [1.29, 1.82) is 0 Å². The number of methoxy groups -OCH3 is 6. The van der Waals surface area contributed by atoms with Crippen LogP contribution >= 0.6 is 0 Å². The molecule has 4 atom stereocenters. The minimum absolute atomic E-state index is 0.0346. The molecule has 4 heterocycles. The van der Waals surface area contributed by atoms with Crippen LogP contribution in [0.25, 0.3) is 44.5 Å². The van der Waals surface area contributed by atoms with Crippen LogP contribution in [0.4, 0.5) is 35.1 Å². The number of aliphatic hydroxyl groups is 2. The van der Waals surface area contributed by atoms with Gasteiger partial charge in [0, 0.05) is 57.6 Å². The second-order valence-electron chi connectivity index (χ2n) is 29.8. The number of carbonyl (C=O) groups excluding carboxylic acids is 2. The number of hydrogen-bond acceptors (Lipinski definition) is 14. The Morgan fingerprint density at radius 2 is 0.577 bits per heavy atom. The molecule has 0 bridgehead atoms. The lowest BCUT2D eigenvalue weighted by Gasteiger charge is -2.30. The fraction of sp³-hybridized carbons (Fsp3) is 0.439. The smallest absolute Gasteiger partial charge is 0.340 e. The van der Waals surface area contributed by atoms with Gasteiger partial charge in [0.2, 0.25) is 23.5 Å². The van der Waals surface area contributed by atoms with Gasteiger partial charge in [-0.05, 0) is 190 Å². The first-order valence-corrected chi connectivity index (χ1v) is 34.8. The molecule has 0 amide bonds. The molecular weight excluding hydrogens is 1350 g/mol. The van der Waals surface area contributed by atoms with Gasteiger partial charge in [-0.15, -0.1) is 0 Å². The number of rotatable bonds is 16. The summed E-state index contributed by atoms with van der Waals surface area (Å²) < 4.78 is 146. The van der Waals surface area contributed by atoms with Gasteiger partial charge in [-0.25, -0.2) is 64.6 Å². The van der Waals surface area contributed by atoms with Crippen LogP contribution in [0.15, 0.2) is 97.6 Å². The Morgan fingerprint density at radius 1 is 0.346 bits per heavy atom. The summed E-state index contributed by atoms with van der Waals surface area (Å²) in [5.41, 5.74) is 6.20. The molecule has 12 rings (SSSR count). The number of carbonyl (C=O) groups is 2. The van der Waals surface area contributed by atoms with Crippen LogP contribution in [0, 0.1) is 68.2 Å². The van der Waals surface area contributed by atoms with E-state index >= 15 is 0 Å². The summed E-state index contributed by atoms with van der Waals surface area (Å²) in [6, 6.07) is 17.4. The molecule has 0 radical (unpaired) electrons. The van der Waals surface area contributed by atoms with E-state index in [9.17, 15) is 54.9 Å². The highest BCUT2D eigenvalue weighted by molar-refractivity contribution is 5.92. The molecule has 8 aromatic rings. The van der Waals surface area contributed by atoms with Crippen molar-refractivity contribution in [2.45, 2.75) is 169 Å². The molecule has 104 heavy (non-hydrogen) atoms. The third kappa shape index (κ3) is 17.0. The highest BCUT2D eigenvalue weighted by atomic mass is 19.2. The lowest BCUT2D eigenvalue weighted by Crippen LogP contribution is -2.18. The lowest BCUT2D eigenvalue weighted by molar-refractivity contribution is 0.0586. The minimum Gasteiger partial charge on any atom is -0.481 e. The van der Waals surface area contributed by atoms with Crippen molar-refractivity contribution in [3.05, 3.63) is 189 Å². The maximum atomic E-state index is 14.7. The van der Waals surface area contributed by atoms with Gasteiger partial charge in [0.15, 0.2) is 0 Å². The third-order valence-corrected chi connectivity index (χ3v) is 21.7. The van der Waals surface area contributed by atoms with E-state index in [0.717, 1.165) is 124 Å². The van der Waals surface area contributed by atoms with Crippen LogP contribution in [0.1, 0.15) is 210 Å². The molecule has 0 saturated heterocycles. The molecule has 4 aliphatic rings. The maximum Gasteiger partial charge on any atom is 0.340 e. The highest BCUT2D eigenvalue weighted by Gasteiger charge is 2.42. The van der Waals surface area contributed by atoms with Crippen molar-refractivity contribution in [2.24, 2.45) is 21.7 Å². The summed E-state index contributed by atoms with van der Waals surface area (Å²) in [6.45, 7) is 16.5. The normalized spacial score (nSPS) is 18.8. The standard InChI is InChI=1S/2C21H23F2NO3.2C20H23F2NO2/c2*1-21(2)7-5-6-16(21)13-8-15(20(25)27-4)17(22)9-12(13)14-10-19(26-3)24-11-18(14)23;2*1-20(2)6-4-5-16(20)14-7-12(11-24)17(21)8-13(14)15-9-19(25-3)23-10-18(15)22/h2*8-11,16H,5-7H2,1-4H3;2*7-10,16,24H,4-6,11H2,1-3H3/t4*16-/m1010/s1. The number of nitrogens with zero attached hydrogens (tertiary/aromatic N) is 4. The van der Waals surface area contributed by atoms with Gasteiger partial charge in [0.25, 0.3) is 0 Å². The van der Waals surface area contributed by atoms with Gasteiger partial charge in [0.1, 0.15) is 46.5 Å². The lowest BCUT2D eigenvalue weighted by atomic mass is 9.75. The number of hydrogen-bond donors (Lipinski definition) is 2. The van der Waals surface area contributed by atoms with Crippen molar-refractivity contribution in [2.75, 3.05) is 42.7 Å². The molecular formula is C82H92F8N4O10. The second-order valence-corrected chi connectivity index (χ2v) is 29.8. The first-order chi connectivity index (χ1) is 49.3. The molecule has 14 nitrogen and oxygen atoms in total. The summed E-state index contributed by atoms with van der Waals surface area (Å²) in [6.07, 6.45) is 16.3. The monoisotopic (exact) mass is 1440 g/mol. The first kappa shape index (κ1) is 79.1. The molecule has 556 valence electrons. The van der Waals surface area contributed by atoms with Crippen LogP contribution in [0.2, 0.25) is 0 Å². The zero-order valence-electron chi connectivity index (χ0n) is 61.4. The number of aromatic nitrogens is 4. The van der Waals surface area contributed by atoms with E-state index in [1.54, 1.807) is 12.1 Å². The molecule has 0 unspecified atom stereocenters. The average Bonchev–Trinajstić information content (AvgIpc) is 1.60. The van der Waals surface area contributed by atoms with E-state index < -0.39 is 58.5 Å². The van der Waals surface area contributed by atoms with Gasteiger partial charge in [-0.3, -0.25) is 0 Å². The Bertz CT molecular complexity index is 4170. The number of esters is 2. The largest absolute Gasteiger partial charge is 0.481 e. The number of benzene rings is 4. The van der Waals surface area contributed by atoms with Crippen LogP contribution in [0.3, 0.4) is 0 Å². The molecule has 4 fully saturated rings. The number of aliphatic hydroxyl groups excluding tert-OH is 2. The topological polar surface area (TPSA) is 182 Å². The molecule has 4 saturated carbocycles. The van der Waals surface area contributed by atoms with E-state index in [1.807, 2.05) is 0 Å². The molecule has 4 aliphatic carbocycles. The Kier molecular flexibility index (Phi) is 25.1. The van der Waals surface area contributed by atoms with E-state index in [-0.39, 0.29) is 127 Å². The maximum absolute atomic E-state index is 14.7. The van der Waals surface area contributed by atoms with Gasteiger partial charge < -0.3 is 38.6 Å². The van der Waals surface area contributed by atoms with E-state index in [4.69, 9.17) is 28.4 Å². The van der Waals surface area contributed by atoms with Crippen LogP contribution in [-0.4, -0.2) is 84.7 Å². The fourth-order valence-electron chi connectivity index (χ4n) is 15.9. The predicted octanol–water partition coefficient (Wildman–Crippen LogP) is 19.9. The highest BCUT2D eigenvalue weighted by Crippen LogP contribution is 2.56. The third-order valence-electron chi connectivity index (χ3n) is 21.7. The minimum atomic E-state index is -0.746. The molecule has 2 N–H and O–H groups in total. The summed E-state index contributed by atoms with van der Waals surface area (Å²) in [4.78, 5) is 39.5. The van der Waals surface area contributed by atoms with Gasteiger partial charge in [-0.1, -0.05) is 81.1 Å². The quantitative estimate of drug-likeness (QED) is 0.0688. The van der Waals surface area contributed by atoms with Crippen LogP contribution < -0.4 is 18.9 Å². The van der Waals surface area contributed by atoms with Gasteiger partial charge >= 0.3 is 11.9 Å². The Labute approximate surface area is 602 Å². The van der Waals surface area contributed by atoms with Crippen molar-refractivity contribution in [3.63, 3.8) is 0 Å². The average molecular weight is 1450 g/mol. The van der Waals surface area contributed by atoms with Crippen molar-refractivity contribution in [3.8, 4) is 68.0 Å². The number of pyridine rings is 4. The van der Waals surface area contributed by atoms with Gasteiger partial charge in [-0.2, -0.15) is 0 Å². The molecule has 4 aromatic carbocycles. The number of halogens is 8.